The van der Waals surface area contributed by atoms with Crippen LogP contribution < -0.4 is 15.4 Å². The molecule has 6 nitrogen and oxygen atoms in total. The van der Waals surface area contributed by atoms with Gasteiger partial charge in [-0.05, 0) is 54.0 Å². The predicted molar refractivity (Wildman–Crippen MR) is 125 cm³/mol. The number of benzene rings is 2. The summed E-state index contributed by atoms with van der Waals surface area (Å²) in [4.78, 5) is 12.5. The van der Waals surface area contributed by atoms with Crippen molar-refractivity contribution < 1.29 is 14.0 Å². The van der Waals surface area contributed by atoms with Crippen molar-refractivity contribution in [1.29, 1.82) is 0 Å². The number of methoxy groups -OCH3 is 1. The van der Waals surface area contributed by atoms with Crippen molar-refractivity contribution in [2.75, 3.05) is 25.2 Å². The molecule has 0 aliphatic carbocycles. The van der Waals surface area contributed by atoms with E-state index in [1.807, 2.05) is 35.1 Å². The Kier molecular flexibility index (Phi) is 6.28. The number of fused-ring (bicyclic) bond motifs is 1. The van der Waals surface area contributed by atoms with Gasteiger partial charge in [-0.15, -0.1) is 0 Å². The van der Waals surface area contributed by atoms with Gasteiger partial charge in [0.2, 0.25) is 0 Å². The van der Waals surface area contributed by atoms with E-state index in [2.05, 4.69) is 12.7 Å². The summed E-state index contributed by atoms with van der Waals surface area (Å²) in [5.74, 6) is 1.28. The maximum absolute atomic E-state index is 13.3. The molecule has 0 saturated carbocycles. The smallest absolute Gasteiger partial charge is 0.152 e. The molecule has 2 aromatic rings. The molecule has 2 aromatic carbocycles. The first-order chi connectivity index (χ1) is 15.5. The fourth-order valence-corrected chi connectivity index (χ4v) is 3.93. The van der Waals surface area contributed by atoms with Crippen LogP contribution in [-0.4, -0.2) is 31.2 Å². The van der Waals surface area contributed by atoms with Crippen LogP contribution in [0.5, 0.6) is 5.75 Å². The number of nitrogens with two attached hydrogens (primary N) is 1. The minimum Gasteiger partial charge on any atom is -0.495 e. The summed E-state index contributed by atoms with van der Waals surface area (Å²) in [6.45, 7) is 6.80. The highest BCUT2D eigenvalue weighted by atomic mass is 19.1. The number of hydroxylamine groups is 2. The molecule has 2 aliphatic heterocycles. The zero-order valence-electron chi connectivity index (χ0n) is 18.3. The Morgan fingerprint density at radius 1 is 1.31 bits per heavy atom. The lowest BCUT2D eigenvalue weighted by molar-refractivity contribution is -0.126. The minimum atomic E-state index is -0.252. The fraction of sp³-hybridized carbons (Fsp3) is 0.240. The molecular weight excluding hydrogens is 407 g/mol. The number of hydrogen-bond acceptors (Lipinski definition) is 6. The van der Waals surface area contributed by atoms with Gasteiger partial charge in [-0.2, -0.15) is 0 Å². The average Bonchev–Trinajstić information content (AvgIpc) is 3.23. The van der Waals surface area contributed by atoms with Gasteiger partial charge in [-0.1, -0.05) is 24.8 Å². The molecule has 7 heteroatoms. The predicted octanol–water partition coefficient (Wildman–Crippen LogP) is 4.78. The van der Waals surface area contributed by atoms with Crippen molar-refractivity contribution >= 4 is 17.6 Å². The van der Waals surface area contributed by atoms with Crippen molar-refractivity contribution in [2.45, 2.75) is 19.4 Å². The van der Waals surface area contributed by atoms with E-state index in [0.29, 0.717) is 24.6 Å². The lowest BCUT2D eigenvalue weighted by Gasteiger charge is -2.32. The molecule has 1 fully saturated rings. The molecule has 4 rings (SSSR count). The van der Waals surface area contributed by atoms with Crippen molar-refractivity contribution in [1.82, 2.24) is 5.06 Å². The number of hydrogen-bond donors (Lipinski definition) is 1. The van der Waals surface area contributed by atoms with Crippen molar-refractivity contribution in [3.8, 4) is 5.75 Å². The van der Waals surface area contributed by atoms with Gasteiger partial charge in [0, 0.05) is 24.5 Å². The maximum Gasteiger partial charge on any atom is 0.152 e. The maximum atomic E-state index is 13.3. The van der Waals surface area contributed by atoms with Gasteiger partial charge in [0.1, 0.15) is 17.6 Å². The van der Waals surface area contributed by atoms with Crippen molar-refractivity contribution in [3.05, 3.63) is 89.7 Å². The van der Waals surface area contributed by atoms with E-state index in [9.17, 15) is 4.39 Å². The van der Waals surface area contributed by atoms with E-state index in [1.54, 1.807) is 31.6 Å². The molecular formula is C25H27FN4O2. The van der Waals surface area contributed by atoms with Gasteiger partial charge in [-0.3, -0.25) is 9.83 Å². The van der Waals surface area contributed by atoms with Gasteiger partial charge in [-0.25, -0.2) is 9.45 Å². The Morgan fingerprint density at radius 3 is 2.78 bits per heavy atom. The lowest BCUT2D eigenvalue weighted by Crippen LogP contribution is -2.36. The molecule has 0 spiro atoms. The Bertz CT molecular complexity index is 1090. The highest BCUT2D eigenvalue weighted by molar-refractivity contribution is 6.03. The number of ether oxygens (including phenoxy) is 1. The lowest BCUT2D eigenvalue weighted by atomic mass is 10.0. The molecule has 166 valence electrons. The average molecular weight is 435 g/mol. The van der Waals surface area contributed by atoms with Crippen LogP contribution in [0.2, 0.25) is 0 Å². The summed E-state index contributed by atoms with van der Waals surface area (Å²) in [5, 5.41) is 1.85. The van der Waals surface area contributed by atoms with Crippen LogP contribution in [-0.2, 0) is 4.84 Å². The van der Waals surface area contributed by atoms with Crippen LogP contribution in [0, 0.1) is 5.82 Å². The normalized spacial score (nSPS) is 19.5. The number of nitrogens with zero attached hydrogens (tertiary/aromatic N) is 3. The highest BCUT2D eigenvalue weighted by Crippen LogP contribution is 2.35. The van der Waals surface area contributed by atoms with Gasteiger partial charge in [0.15, 0.2) is 5.84 Å². The van der Waals surface area contributed by atoms with Gasteiger partial charge < -0.3 is 15.4 Å². The molecule has 2 aliphatic rings. The molecule has 32 heavy (non-hydrogen) atoms. The monoisotopic (exact) mass is 434 g/mol. The van der Waals surface area contributed by atoms with Crippen LogP contribution in [0.1, 0.15) is 30.5 Å². The van der Waals surface area contributed by atoms with Gasteiger partial charge >= 0.3 is 0 Å². The number of rotatable bonds is 6. The third-order valence-electron chi connectivity index (χ3n) is 5.41. The number of halogens is 1. The van der Waals surface area contributed by atoms with E-state index < -0.39 is 0 Å². The van der Waals surface area contributed by atoms with E-state index in [1.165, 1.54) is 12.1 Å². The second-order valence-electron chi connectivity index (χ2n) is 7.70. The third-order valence-corrected chi connectivity index (χ3v) is 5.41. The molecule has 0 amide bonds. The standard InChI is InChI=1S/C25H27FN4O2/c1-4-29(16-17(2)27)22-10-5-18(14-24(22)31-3)13-20-11-12-32-30-23(15-28-25(20)30)19-6-8-21(26)9-7-19/h4-10,13-14,16,23H,1,11-12,15,27H2,2-3H3/b17-16-,20-13+. The first-order valence-corrected chi connectivity index (χ1v) is 10.5. The molecule has 1 atom stereocenters. The Balaban J connectivity index is 1.60. The summed E-state index contributed by atoms with van der Waals surface area (Å²) in [6, 6.07) is 12.4. The molecule has 0 radical (unpaired) electrons. The summed E-state index contributed by atoms with van der Waals surface area (Å²) in [5.41, 5.74) is 10.4. The van der Waals surface area contributed by atoms with Crippen LogP contribution in [0.15, 0.2) is 77.7 Å². The van der Waals surface area contributed by atoms with Crippen LogP contribution in [0.3, 0.4) is 0 Å². The summed E-state index contributed by atoms with van der Waals surface area (Å²) < 4.78 is 19.0. The van der Waals surface area contributed by atoms with E-state index in [-0.39, 0.29) is 11.9 Å². The SMILES string of the molecule is C=CN(/C=C(/C)N)c1ccc(/C=C2\CCON3C2=NCC3c2ccc(F)cc2)cc1OC. The van der Waals surface area contributed by atoms with Gasteiger partial charge in [0.25, 0.3) is 0 Å². The molecule has 0 bridgehead atoms. The van der Waals surface area contributed by atoms with Crippen molar-refractivity contribution in [3.63, 3.8) is 0 Å². The van der Waals surface area contributed by atoms with E-state index in [0.717, 1.165) is 34.6 Å². The molecule has 1 saturated heterocycles. The Labute approximate surface area is 187 Å². The fourth-order valence-electron chi connectivity index (χ4n) is 3.93. The van der Waals surface area contributed by atoms with Crippen LogP contribution in [0.25, 0.3) is 6.08 Å². The highest BCUT2D eigenvalue weighted by Gasteiger charge is 2.34. The molecule has 2 heterocycles. The van der Waals surface area contributed by atoms with Crippen molar-refractivity contribution in [2.24, 2.45) is 10.7 Å². The summed E-state index contributed by atoms with van der Waals surface area (Å²) >= 11 is 0. The molecule has 2 N–H and O–H groups in total. The minimum absolute atomic E-state index is 0.0568. The number of anilines is 1. The van der Waals surface area contributed by atoms with E-state index >= 15 is 0 Å². The second kappa shape index (κ2) is 9.28. The topological polar surface area (TPSA) is 63.3 Å². The Morgan fingerprint density at radius 2 is 2.09 bits per heavy atom. The second-order valence-corrected chi connectivity index (χ2v) is 7.70. The number of amidine groups is 1. The quantitative estimate of drug-likeness (QED) is 0.709. The third kappa shape index (κ3) is 4.38. The zero-order valence-corrected chi connectivity index (χ0v) is 18.3. The largest absolute Gasteiger partial charge is 0.495 e. The first kappa shape index (κ1) is 21.6. The Hall–Kier alpha value is -3.58. The summed E-state index contributed by atoms with van der Waals surface area (Å²) in [7, 11) is 1.64. The number of allylic oxidation sites excluding steroid dienone is 1. The summed E-state index contributed by atoms with van der Waals surface area (Å²) in [6.07, 6.45) is 6.34. The van der Waals surface area contributed by atoms with Gasteiger partial charge in [0.05, 0.1) is 25.9 Å². The first-order valence-electron chi connectivity index (χ1n) is 10.5. The zero-order chi connectivity index (χ0) is 22.7. The molecule has 1 unspecified atom stereocenters. The van der Waals surface area contributed by atoms with Crippen LogP contribution in [0.4, 0.5) is 10.1 Å². The van der Waals surface area contributed by atoms with E-state index in [4.69, 9.17) is 20.3 Å². The van der Waals surface area contributed by atoms with Crippen LogP contribution >= 0.6 is 0 Å². The number of aliphatic imine (C=N–C) groups is 1. The molecule has 0 aromatic heterocycles.